The molecule has 0 saturated heterocycles. The van der Waals surface area contributed by atoms with Gasteiger partial charge in [-0.25, -0.2) is 14.8 Å². The number of carbonyl (C=O) groups is 1. The molecule has 136 valence electrons. The quantitative estimate of drug-likeness (QED) is 0.756. The Balaban J connectivity index is 2.20. The van der Waals surface area contributed by atoms with Crippen LogP contribution < -0.4 is 10.6 Å². The fraction of sp³-hybridized carbons (Fsp3) is 0.533. The van der Waals surface area contributed by atoms with Gasteiger partial charge in [0.05, 0.1) is 6.04 Å². The largest absolute Gasteiger partial charge is 0.444 e. The second kappa shape index (κ2) is 7.88. The first-order valence-corrected chi connectivity index (χ1v) is 7.77. The monoisotopic (exact) mass is 349 g/mol. The summed E-state index contributed by atoms with van der Waals surface area (Å²) in [6, 6.07) is 1.24. The fourth-order valence-corrected chi connectivity index (χ4v) is 1.85. The van der Waals surface area contributed by atoms with Gasteiger partial charge in [-0.3, -0.25) is 0 Å². The fourth-order valence-electron chi connectivity index (χ4n) is 1.85. The van der Waals surface area contributed by atoms with E-state index in [0.717, 1.165) is 0 Å². The molecule has 1 amide bonds. The molecule has 10 heteroatoms. The molecule has 2 rings (SSSR count). The van der Waals surface area contributed by atoms with Gasteiger partial charge in [-0.2, -0.15) is 9.67 Å². The number of hydrogen-bond acceptors (Lipinski definition) is 8. The molecule has 0 aliphatic carbocycles. The van der Waals surface area contributed by atoms with Crippen LogP contribution in [0.25, 0.3) is 5.95 Å². The molecule has 0 unspecified atom stereocenters. The first kappa shape index (κ1) is 18.6. The minimum atomic E-state index is -0.584. The van der Waals surface area contributed by atoms with Crippen LogP contribution in [0.1, 0.15) is 39.6 Å². The third kappa shape index (κ3) is 5.38. The minimum Gasteiger partial charge on any atom is -0.444 e. The number of aromatic nitrogens is 5. The van der Waals surface area contributed by atoms with Gasteiger partial charge in [0, 0.05) is 19.5 Å². The highest BCUT2D eigenvalue weighted by molar-refractivity contribution is 5.68. The number of hydrogen-bond donors (Lipinski definition) is 2. The van der Waals surface area contributed by atoms with Gasteiger partial charge in [0.15, 0.2) is 5.82 Å². The summed E-state index contributed by atoms with van der Waals surface area (Å²) in [5.41, 5.74) is -0.584. The molecule has 0 spiro atoms. The number of carbonyl (C=O) groups excluding carboxylic acids is 1. The predicted molar refractivity (Wildman–Crippen MR) is 90.2 cm³/mol. The Labute approximate surface area is 146 Å². The Bertz CT molecular complexity index is 697. The molecule has 0 saturated carbocycles. The van der Waals surface area contributed by atoms with Crippen molar-refractivity contribution in [2.24, 2.45) is 0 Å². The summed E-state index contributed by atoms with van der Waals surface area (Å²) < 4.78 is 11.7. The number of methoxy groups -OCH3 is 1. The van der Waals surface area contributed by atoms with E-state index in [1.54, 1.807) is 53.3 Å². The molecule has 2 aromatic heterocycles. The van der Waals surface area contributed by atoms with Gasteiger partial charge >= 0.3 is 6.09 Å². The Kier molecular flexibility index (Phi) is 5.86. The molecule has 0 aliphatic heterocycles. The van der Waals surface area contributed by atoms with E-state index >= 15 is 0 Å². The summed E-state index contributed by atoms with van der Waals surface area (Å²) >= 11 is 0. The molecule has 2 aromatic rings. The van der Waals surface area contributed by atoms with Crippen LogP contribution in [0, 0.1) is 0 Å². The Hall–Kier alpha value is -2.75. The van der Waals surface area contributed by atoms with Gasteiger partial charge in [-0.15, -0.1) is 5.10 Å². The predicted octanol–water partition coefficient (Wildman–Crippen LogP) is 1.66. The minimum absolute atomic E-state index is 0.235. The number of nitrogens with zero attached hydrogens (tertiary/aromatic N) is 5. The van der Waals surface area contributed by atoms with Crippen LogP contribution >= 0.6 is 0 Å². The van der Waals surface area contributed by atoms with Gasteiger partial charge in [0.1, 0.15) is 12.3 Å². The van der Waals surface area contributed by atoms with E-state index in [0.29, 0.717) is 17.7 Å². The number of rotatable bonds is 6. The van der Waals surface area contributed by atoms with Gasteiger partial charge in [-0.05, 0) is 33.8 Å². The van der Waals surface area contributed by atoms with Gasteiger partial charge in [0.25, 0.3) is 5.95 Å². The third-order valence-electron chi connectivity index (χ3n) is 2.86. The zero-order valence-electron chi connectivity index (χ0n) is 15.0. The van der Waals surface area contributed by atoms with E-state index in [1.165, 1.54) is 4.68 Å². The number of alkyl carbamates (subject to hydrolysis) is 1. The summed E-state index contributed by atoms with van der Waals surface area (Å²) in [5, 5.41) is 10.0. The van der Waals surface area contributed by atoms with Crippen molar-refractivity contribution in [3.63, 3.8) is 0 Å². The second-order valence-corrected chi connectivity index (χ2v) is 6.23. The topological polar surface area (TPSA) is 116 Å². The highest BCUT2D eigenvalue weighted by Crippen LogP contribution is 2.16. The molecule has 25 heavy (non-hydrogen) atoms. The van der Waals surface area contributed by atoms with Crippen LogP contribution in [-0.4, -0.2) is 50.3 Å². The van der Waals surface area contributed by atoms with Crippen LogP contribution in [0.15, 0.2) is 18.5 Å². The lowest BCUT2D eigenvalue weighted by Gasteiger charge is -2.21. The third-order valence-corrected chi connectivity index (χ3v) is 2.86. The molecule has 2 heterocycles. The first-order valence-electron chi connectivity index (χ1n) is 7.77. The van der Waals surface area contributed by atoms with Crippen molar-refractivity contribution in [1.29, 1.82) is 0 Å². The summed E-state index contributed by atoms with van der Waals surface area (Å²) in [7, 11) is 1.56. The van der Waals surface area contributed by atoms with Crippen molar-refractivity contribution in [1.82, 2.24) is 30.0 Å². The van der Waals surface area contributed by atoms with Crippen molar-refractivity contribution < 1.29 is 14.3 Å². The van der Waals surface area contributed by atoms with Crippen molar-refractivity contribution in [3.05, 3.63) is 24.3 Å². The molecule has 0 aromatic carbocycles. The van der Waals surface area contributed by atoms with Crippen molar-refractivity contribution in [3.8, 4) is 5.95 Å². The molecular formula is C15H23N7O3. The van der Waals surface area contributed by atoms with E-state index in [9.17, 15) is 4.79 Å². The number of nitrogens with one attached hydrogen (secondary N) is 2. The Morgan fingerprint density at radius 2 is 2.00 bits per heavy atom. The first-order chi connectivity index (χ1) is 11.8. The summed E-state index contributed by atoms with van der Waals surface area (Å²) in [6.07, 6.45) is 2.66. The molecule has 10 nitrogen and oxygen atoms in total. The van der Waals surface area contributed by atoms with Gasteiger partial charge in [-0.1, -0.05) is 0 Å². The number of amides is 1. The van der Waals surface area contributed by atoms with E-state index in [-0.39, 0.29) is 6.73 Å². The zero-order chi connectivity index (χ0) is 18.4. The van der Waals surface area contributed by atoms with Gasteiger partial charge < -0.3 is 20.1 Å². The van der Waals surface area contributed by atoms with E-state index in [2.05, 4.69) is 30.7 Å². The van der Waals surface area contributed by atoms with Crippen molar-refractivity contribution in [2.45, 2.75) is 39.3 Å². The van der Waals surface area contributed by atoms with E-state index in [1.807, 2.05) is 0 Å². The van der Waals surface area contributed by atoms with Gasteiger partial charge in [0.2, 0.25) is 5.95 Å². The maximum absolute atomic E-state index is 11.9. The molecular weight excluding hydrogens is 326 g/mol. The van der Waals surface area contributed by atoms with E-state index < -0.39 is 17.7 Å². The zero-order valence-corrected chi connectivity index (χ0v) is 15.0. The Morgan fingerprint density at radius 3 is 2.60 bits per heavy atom. The maximum Gasteiger partial charge on any atom is 0.408 e. The van der Waals surface area contributed by atoms with Crippen LogP contribution in [0.5, 0.6) is 0 Å². The summed E-state index contributed by atoms with van der Waals surface area (Å²) in [4.78, 5) is 24.6. The normalized spacial score (nSPS) is 12.5. The molecule has 0 bridgehead atoms. The van der Waals surface area contributed by atoms with Crippen molar-refractivity contribution >= 4 is 12.0 Å². The van der Waals surface area contributed by atoms with Crippen LogP contribution in [0.4, 0.5) is 10.7 Å². The highest BCUT2D eigenvalue weighted by atomic mass is 16.6. The lowest BCUT2D eigenvalue weighted by atomic mass is 10.2. The lowest BCUT2D eigenvalue weighted by molar-refractivity contribution is 0.0506. The van der Waals surface area contributed by atoms with Crippen LogP contribution in [-0.2, 0) is 9.47 Å². The smallest absolute Gasteiger partial charge is 0.408 e. The second-order valence-electron chi connectivity index (χ2n) is 6.23. The molecule has 0 radical (unpaired) electrons. The standard InChI is InChI=1S/C15H23N7O3/c1-10(19-14(23)25-15(2,3)4)11-20-13(18-9-24-5)22(21-11)12-16-7-6-8-17-12/h6-8,10H,9H2,1-5H3,(H,19,23)(H,18,20,21)/t10-/m0/s1. The van der Waals surface area contributed by atoms with Crippen LogP contribution in [0.3, 0.4) is 0 Å². The SMILES string of the molecule is COCNc1nc([C@H](C)NC(=O)OC(C)(C)C)nn1-c1ncccn1. The van der Waals surface area contributed by atoms with Crippen molar-refractivity contribution in [2.75, 3.05) is 19.2 Å². The average molecular weight is 349 g/mol. The number of anilines is 1. The Morgan fingerprint density at radius 1 is 1.32 bits per heavy atom. The highest BCUT2D eigenvalue weighted by Gasteiger charge is 2.22. The lowest BCUT2D eigenvalue weighted by Crippen LogP contribution is -2.34. The van der Waals surface area contributed by atoms with E-state index in [4.69, 9.17) is 9.47 Å². The summed E-state index contributed by atoms with van der Waals surface area (Å²) in [5.74, 6) is 1.14. The maximum atomic E-state index is 11.9. The molecule has 1 atom stereocenters. The molecule has 2 N–H and O–H groups in total. The number of ether oxygens (including phenoxy) is 2. The summed E-state index contributed by atoms with van der Waals surface area (Å²) in [6.45, 7) is 7.38. The van der Waals surface area contributed by atoms with Crippen LogP contribution in [0.2, 0.25) is 0 Å². The molecule has 0 fully saturated rings. The average Bonchev–Trinajstić information content (AvgIpc) is 2.96. The molecule has 0 aliphatic rings.